The van der Waals surface area contributed by atoms with Crippen molar-refractivity contribution in [1.29, 1.82) is 0 Å². The highest BCUT2D eigenvalue weighted by Gasteiger charge is 2.15. The molecule has 0 aliphatic carbocycles. The van der Waals surface area contributed by atoms with Crippen molar-refractivity contribution < 1.29 is 14.2 Å². The van der Waals surface area contributed by atoms with Crippen LogP contribution in [0.25, 0.3) is 0 Å². The molecule has 0 spiro atoms. The summed E-state index contributed by atoms with van der Waals surface area (Å²) in [6, 6.07) is 5.40. The molecule has 2 N–H and O–H groups in total. The molecule has 0 atom stereocenters. The topological polar surface area (TPSA) is 71.5 Å². The van der Waals surface area contributed by atoms with Crippen LogP contribution in [0.4, 0.5) is 0 Å². The molecular weight excluding hydrogens is 270 g/mol. The molecule has 0 bridgehead atoms. The molecule has 6 nitrogen and oxygen atoms in total. The van der Waals surface area contributed by atoms with Crippen molar-refractivity contribution in [3.63, 3.8) is 0 Å². The molecule has 114 valence electrons. The Morgan fingerprint density at radius 2 is 1.67 bits per heavy atom. The molecule has 2 aromatic rings. The van der Waals surface area contributed by atoms with Crippen molar-refractivity contribution in [2.75, 3.05) is 20.8 Å². The van der Waals surface area contributed by atoms with Gasteiger partial charge in [0, 0.05) is 30.8 Å². The highest BCUT2D eigenvalue weighted by molar-refractivity contribution is 5.44. The van der Waals surface area contributed by atoms with Crippen molar-refractivity contribution in [2.45, 2.75) is 13.3 Å². The minimum Gasteiger partial charge on any atom is -0.496 e. The van der Waals surface area contributed by atoms with Gasteiger partial charge in [-0.3, -0.25) is 0 Å². The lowest BCUT2D eigenvalue weighted by atomic mass is 10.2. The Labute approximate surface area is 124 Å². The van der Waals surface area contributed by atoms with Gasteiger partial charge in [-0.2, -0.15) is 5.10 Å². The van der Waals surface area contributed by atoms with Gasteiger partial charge in [-0.05, 0) is 19.9 Å². The molecule has 6 heteroatoms. The van der Waals surface area contributed by atoms with E-state index in [9.17, 15) is 0 Å². The minimum atomic E-state index is 0.546. The Kier molecular flexibility index (Phi) is 4.70. The van der Waals surface area contributed by atoms with Crippen LogP contribution in [0.2, 0.25) is 0 Å². The summed E-state index contributed by atoms with van der Waals surface area (Å²) in [5, 5.41) is 4.38. The van der Waals surface area contributed by atoms with Crippen LogP contribution in [0.3, 0.4) is 0 Å². The lowest BCUT2D eigenvalue weighted by Crippen LogP contribution is -2.05. The normalized spacial score (nSPS) is 10.5. The van der Waals surface area contributed by atoms with Gasteiger partial charge in [0.1, 0.15) is 17.2 Å². The van der Waals surface area contributed by atoms with Gasteiger partial charge in [0.15, 0.2) is 0 Å². The molecule has 1 aromatic heterocycles. The summed E-state index contributed by atoms with van der Waals surface area (Å²) < 4.78 is 18.2. The zero-order chi connectivity index (χ0) is 15.4. The first-order chi connectivity index (χ1) is 10.1. The summed E-state index contributed by atoms with van der Waals surface area (Å²) in [6.45, 7) is 2.49. The van der Waals surface area contributed by atoms with E-state index in [4.69, 9.17) is 19.9 Å². The average Bonchev–Trinajstić information content (AvgIpc) is 2.74. The quantitative estimate of drug-likeness (QED) is 0.882. The van der Waals surface area contributed by atoms with E-state index in [1.807, 2.05) is 14.0 Å². The van der Waals surface area contributed by atoms with E-state index in [0.717, 1.165) is 17.7 Å². The number of nitrogens with zero attached hydrogens (tertiary/aromatic N) is 2. The molecule has 1 heterocycles. The number of nitrogens with two attached hydrogens (primary N) is 1. The molecule has 0 amide bonds. The Morgan fingerprint density at radius 1 is 1.10 bits per heavy atom. The van der Waals surface area contributed by atoms with Crippen molar-refractivity contribution in [3.05, 3.63) is 29.5 Å². The molecule has 1 aromatic carbocycles. The molecule has 0 aliphatic rings. The van der Waals surface area contributed by atoms with E-state index >= 15 is 0 Å². The van der Waals surface area contributed by atoms with E-state index in [1.165, 1.54) is 0 Å². The van der Waals surface area contributed by atoms with E-state index in [-0.39, 0.29) is 0 Å². The maximum absolute atomic E-state index is 5.98. The van der Waals surface area contributed by atoms with Gasteiger partial charge >= 0.3 is 0 Å². The summed E-state index contributed by atoms with van der Waals surface area (Å²) >= 11 is 0. The molecular formula is C15H21N3O3. The van der Waals surface area contributed by atoms with Gasteiger partial charge in [0.05, 0.1) is 19.9 Å². The number of benzene rings is 1. The number of methoxy groups -OCH3 is 2. The van der Waals surface area contributed by atoms with Crippen LogP contribution < -0.4 is 19.9 Å². The van der Waals surface area contributed by atoms with E-state index in [1.54, 1.807) is 37.1 Å². The smallest absolute Gasteiger partial charge is 0.221 e. The van der Waals surface area contributed by atoms with Crippen LogP contribution in [0.15, 0.2) is 18.2 Å². The largest absolute Gasteiger partial charge is 0.496 e. The summed E-state index contributed by atoms with van der Waals surface area (Å²) in [6.07, 6.45) is 0.718. The van der Waals surface area contributed by atoms with Crippen molar-refractivity contribution in [3.8, 4) is 23.1 Å². The number of hydrogen-bond donors (Lipinski definition) is 1. The highest BCUT2D eigenvalue weighted by Crippen LogP contribution is 2.33. The number of rotatable bonds is 6. The second-order valence-electron chi connectivity index (χ2n) is 4.68. The van der Waals surface area contributed by atoms with E-state index in [2.05, 4.69) is 5.10 Å². The number of aryl methyl sites for hydroxylation is 2. The van der Waals surface area contributed by atoms with Gasteiger partial charge in [-0.1, -0.05) is 0 Å². The first-order valence-electron chi connectivity index (χ1n) is 6.72. The van der Waals surface area contributed by atoms with Crippen LogP contribution >= 0.6 is 0 Å². The van der Waals surface area contributed by atoms with Crippen LogP contribution in [0, 0.1) is 6.92 Å². The Morgan fingerprint density at radius 3 is 2.19 bits per heavy atom. The third-order valence-electron chi connectivity index (χ3n) is 3.22. The predicted octanol–water partition coefficient (Wildman–Crippen LogP) is 2.04. The van der Waals surface area contributed by atoms with Crippen molar-refractivity contribution in [1.82, 2.24) is 9.78 Å². The van der Waals surface area contributed by atoms with Gasteiger partial charge in [0.25, 0.3) is 0 Å². The zero-order valence-electron chi connectivity index (χ0n) is 12.8. The summed E-state index contributed by atoms with van der Waals surface area (Å²) in [5.74, 6) is 2.66. The lowest BCUT2D eigenvalue weighted by molar-refractivity contribution is 0.380. The van der Waals surface area contributed by atoms with Crippen LogP contribution in [-0.2, 0) is 13.5 Å². The van der Waals surface area contributed by atoms with Crippen LogP contribution in [0.5, 0.6) is 23.1 Å². The van der Waals surface area contributed by atoms with E-state index in [0.29, 0.717) is 29.7 Å². The molecule has 0 radical (unpaired) electrons. The molecule has 0 saturated carbocycles. The van der Waals surface area contributed by atoms with Gasteiger partial charge in [-0.15, -0.1) is 0 Å². The molecule has 2 rings (SSSR count). The third kappa shape index (κ3) is 3.28. The fourth-order valence-electron chi connectivity index (χ4n) is 2.19. The van der Waals surface area contributed by atoms with E-state index < -0.39 is 0 Å². The molecule has 0 aliphatic heterocycles. The molecule has 0 fully saturated rings. The maximum atomic E-state index is 5.98. The van der Waals surface area contributed by atoms with Crippen LogP contribution in [-0.4, -0.2) is 30.5 Å². The lowest BCUT2D eigenvalue weighted by Gasteiger charge is -2.11. The maximum Gasteiger partial charge on any atom is 0.221 e. The minimum absolute atomic E-state index is 0.546. The first-order valence-corrected chi connectivity index (χ1v) is 6.72. The fourth-order valence-corrected chi connectivity index (χ4v) is 2.19. The summed E-state index contributed by atoms with van der Waals surface area (Å²) in [5.41, 5.74) is 7.60. The van der Waals surface area contributed by atoms with Crippen molar-refractivity contribution >= 4 is 0 Å². The number of aromatic nitrogens is 2. The molecule has 21 heavy (non-hydrogen) atoms. The summed E-state index contributed by atoms with van der Waals surface area (Å²) in [7, 11) is 5.05. The second kappa shape index (κ2) is 6.49. The van der Waals surface area contributed by atoms with Gasteiger partial charge < -0.3 is 19.9 Å². The standard InChI is InChI=1S/C15H21N3O3/c1-10-14(5-6-16)15(18(2)17-10)21-13-8-11(19-3)7-12(9-13)20-4/h7-9H,5-6,16H2,1-4H3. The fraction of sp³-hybridized carbons (Fsp3) is 0.400. The Bertz CT molecular complexity index is 601. The van der Waals surface area contributed by atoms with Crippen LogP contribution in [0.1, 0.15) is 11.3 Å². The Hall–Kier alpha value is -2.21. The highest BCUT2D eigenvalue weighted by atomic mass is 16.5. The molecule has 0 unspecified atom stereocenters. The van der Waals surface area contributed by atoms with Gasteiger partial charge in [0.2, 0.25) is 5.88 Å². The summed E-state index contributed by atoms with van der Waals surface area (Å²) in [4.78, 5) is 0. The number of ether oxygens (including phenoxy) is 3. The second-order valence-corrected chi connectivity index (χ2v) is 4.68. The monoisotopic (exact) mass is 291 g/mol. The average molecular weight is 291 g/mol. The Balaban J connectivity index is 2.37. The molecule has 0 saturated heterocycles. The van der Waals surface area contributed by atoms with Crippen molar-refractivity contribution in [2.24, 2.45) is 12.8 Å². The van der Waals surface area contributed by atoms with Gasteiger partial charge in [-0.25, -0.2) is 4.68 Å². The first kappa shape index (κ1) is 15.2. The SMILES string of the molecule is COc1cc(OC)cc(Oc2c(CCN)c(C)nn2C)c1. The third-order valence-corrected chi connectivity index (χ3v) is 3.22. The zero-order valence-corrected chi connectivity index (χ0v) is 12.8. The number of hydrogen-bond acceptors (Lipinski definition) is 5. The predicted molar refractivity (Wildman–Crippen MR) is 80.3 cm³/mol.